The minimum absolute atomic E-state index is 0.269. The van der Waals surface area contributed by atoms with Crippen LogP contribution in [0.15, 0.2) is 36.4 Å². The second-order valence-corrected chi connectivity index (χ2v) is 5.66. The smallest absolute Gasteiger partial charge is 0.164 e. The molecule has 2 aromatic carbocycles. The molecule has 110 valence electrons. The van der Waals surface area contributed by atoms with Crippen molar-refractivity contribution >= 4 is 5.69 Å². The monoisotopic (exact) mass is 287 g/mol. The van der Waals surface area contributed by atoms with E-state index >= 15 is 0 Å². The van der Waals surface area contributed by atoms with Crippen LogP contribution >= 0.6 is 0 Å². The summed E-state index contributed by atoms with van der Waals surface area (Å²) in [6.45, 7) is 1.86. The first-order chi connectivity index (χ1) is 10.2. The lowest BCUT2D eigenvalue weighted by Gasteiger charge is -2.23. The molecule has 0 aromatic heterocycles. The summed E-state index contributed by atoms with van der Waals surface area (Å²) < 4.78 is 27.2. The van der Waals surface area contributed by atoms with Gasteiger partial charge in [0, 0.05) is 11.3 Å². The SMILES string of the molecule is CC(Nc1cccc2c1CCCC2)c1cccc(F)c1F. The fourth-order valence-corrected chi connectivity index (χ4v) is 3.08. The molecule has 21 heavy (non-hydrogen) atoms. The summed E-state index contributed by atoms with van der Waals surface area (Å²) in [6, 6.07) is 10.3. The molecule has 0 amide bonds. The van der Waals surface area contributed by atoms with Crippen molar-refractivity contribution in [3.8, 4) is 0 Å². The molecule has 0 saturated carbocycles. The zero-order valence-electron chi connectivity index (χ0n) is 12.1. The summed E-state index contributed by atoms with van der Waals surface area (Å²) in [5.74, 6) is -1.56. The van der Waals surface area contributed by atoms with Gasteiger partial charge in [-0.3, -0.25) is 0 Å². The zero-order chi connectivity index (χ0) is 14.8. The Morgan fingerprint density at radius 2 is 1.76 bits per heavy atom. The number of nitrogens with one attached hydrogen (secondary N) is 1. The lowest BCUT2D eigenvalue weighted by atomic mass is 9.90. The van der Waals surface area contributed by atoms with Crippen molar-refractivity contribution in [1.29, 1.82) is 0 Å². The zero-order valence-corrected chi connectivity index (χ0v) is 12.1. The van der Waals surface area contributed by atoms with Crippen molar-refractivity contribution in [1.82, 2.24) is 0 Å². The molecule has 3 heteroatoms. The Morgan fingerprint density at radius 3 is 2.62 bits per heavy atom. The van der Waals surface area contributed by atoms with Crippen molar-refractivity contribution < 1.29 is 8.78 Å². The van der Waals surface area contributed by atoms with E-state index in [1.165, 1.54) is 24.0 Å². The van der Waals surface area contributed by atoms with E-state index in [-0.39, 0.29) is 6.04 Å². The molecule has 0 radical (unpaired) electrons. The fourth-order valence-electron chi connectivity index (χ4n) is 3.08. The molecular formula is C18H19F2N. The molecule has 0 bridgehead atoms. The normalized spacial score (nSPS) is 15.4. The number of anilines is 1. The van der Waals surface area contributed by atoms with Crippen LogP contribution in [0.3, 0.4) is 0 Å². The first-order valence-electron chi connectivity index (χ1n) is 7.48. The molecule has 0 saturated heterocycles. The molecule has 1 nitrogen and oxygen atoms in total. The molecule has 2 aromatic rings. The molecule has 1 unspecified atom stereocenters. The summed E-state index contributed by atoms with van der Waals surface area (Å²) in [5, 5.41) is 3.35. The predicted molar refractivity (Wildman–Crippen MR) is 81.5 cm³/mol. The average molecular weight is 287 g/mol. The number of aryl methyl sites for hydroxylation is 1. The Bertz CT molecular complexity index is 652. The van der Waals surface area contributed by atoms with Gasteiger partial charge < -0.3 is 5.32 Å². The third-order valence-electron chi connectivity index (χ3n) is 4.22. The van der Waals surface area contributed by atoms with E-state index in [0.717, 1.165) is 24.6 Å². The van der Waals surface area contributed by atoms with Crippen molar-refractivity contribution in [3.05, 3.63) is 64.7 Å². The van der Waals surface area contributed by atoms with Crippen LogP contribution in [0.4, 0.5) is 14.5 Å². The van der Waals surface area contributed by atoms with Gasteiger partial charge in [-0.15, -0.1) is 0 Å². The van der Waals surface area contributed by atoms with E-state index in [1.807, 2.05) is 19.1 Å². The summed E-state index contributed by atoms with van der Waals surface area (Å²) in [4.78, 5) is 0. The van der Waals surface area contributed by atoms with E-state index in [0.29, 0.717) is 5.56 Å². The first-order valence-corrected chi connectivity index (χ1v) is 7.48. The number of hydrogen-bond acceptors (Lipinski definition) is 1. The topological polar surface area (TPSA) is 12.0 Å². The first kappa shape index (κ1) is 14.1. The largest absolute Gasteiger partial charge is 0.378 e. The van der Waals surface area contributed by atoms with Gasteiger partial charge in [0.2, 0.25) is 0 Å². The number of rotatable bonds is 3. The maximum Gasteiger partial charge on any atom is 0.164 e. The van der Waals surface area contributed by atoms with Crippen LogP contribution in [-0.4, -0.2) is 0 Å². The van der Waals surface area contributed by atoms with Gasteiger partial charge >= 0.3 is 0 Å². The van der Waals surface area contributed by atoms with E-state index in [1.54, 1.807) is 12.1 Å². The molecule has 0 spiro atoms. The predicted octanol–water partition coefficient (Wildman–Crippen LogP) is 5.02. The van der Waals surface area contributed by atoms with Gasteiger partial charge in [0.05, 0.1) is 6.04 Å². The summed E-state index contributed by atoms with van der Waals surface area (Å²) >= 11 is 0. The molecule has 0 aliphatic heterocycles. The maximum atomic E-state index is 13.9. The Morgan fingerprint density at radius 1 is 1.00 bits per heavy atom. The van der Waals surface area contributed by atoms with Gasteiger partial charge in [0.25, 0.3) is 0 Å². The highest BCUT2D eigenvalue weighted by Gasteiger charge is 2.17. The van der Waals surface area contributed by atoms with Crippen molar-refractivity contribution in [3.63, 3.8) is 0 Å². The van der Waals surface area contributed by atoms with Gasteiger partial charge in [-0.25, -0.2) is 8.78 Å². The number of benzene rings is 2. The molecule has 0 heterocycles. The molecule has 1 N–H and O–H groups in total. The van der Waals surface area contributed by atoms with Gasteiger partial charge in [0.15, 0.2) is 11.6 Å². The van der Waals surface area contributed by atoms with E-state index in [9.17, 15) is 8.78 Å². The molecule has 1 aliphatic rings. The van der Waals surface area contributed by atoms with Gasteiger partial charge in [-0.2, -0.15) is 0 Å². The third kappa shape index (κ3) is 2.78. The van der Waals surface area contributed by atoms with Gasteiger partial charge in [0.1, 0.15) is 0 Å². The third-order valence-corrected chi connectivity index (χ3v) is 4.22. The Balaban J connectivity index is 1.88. The van der Waals surface area contributed by atoms with Crippen molar-refractivity contribution in [2.75, 3.05) is 5.32 Å². The molecule has 1 aliphatic carbocycles. The fraction of sp³-hybridized carbons (Fsp3) is 0.333. The average Bonchev–Trinajstić information content (AvgIpc) is 2.50. The summed E-state index contributed by atoms with van der Waals surface area (Å²) in [7, 11) is 0. The Hall–Kier alpha value is -1.90. The standard InChI is InChI=1S/C18H19F2N/c1-12(14-9-5-10-16(19)18(14)20)21-17-11-4-7-13-6-2-3-8-15(13)17/h4-5,7,9-12,21H,2-3,6,8H2,1H3. The number of halogens is 2. The Kier molecular flexibility index (Phi) is 3.91. The minimum atomic E-state index is -0.795. The highest BCUT2D eigenvalue weighted by Crippen LogP contribution is 2.31. The molecule has 0 fully saturated rings. The molecular weight excluding hydrogens is 268 g/mol. The summed E-state index contributed by atoms with van der Waals surface area (Å²) in [5.41, 5.74) is 4.11. The number of hydrogen-bond donors (Lipinski definition) is 1. The van der Waals surface area contributed by atoms with Crippen LogP contribution in [0.5, 0.6) is 0 Å². The van der Waals surface area contributed by atoms with Gasteiger partial charge in [-0.1, -0.05) is 24.3 Å². The highest BCUT2D eigenvalue weighted by atomic mass is 19.2. The van der Waals surface area contributed by atoms with E-state index < -0.39 is 11.6 Å². The second-order valence-electron chi connectivity index (χ2n) is 5.66. The molecule has 3 rings (SSSR count). The second kappa shape index (κ2) is 5.84. The van der Waals surface area contributed by atoms with Crippen molar-refractivity contribution in [2.24, 2.45) is 0 Å². The highest BCUT2D eigenvalue weighted by molar-refractivity contribution is 5.56. The lowest BCUT2D eigenvalue weighted by Crippen LogP contribution is -2.13. The van der Waals surface area contributed by atoms with Crippen molar-refractivity contribution in [2.45, 2.75) is 38.6 Å². The number of fused-ring (bicyclic) bond motifs is 1. The molecule has 1 atom stereocenters. The Labute approximate surface area is 124 Å². The van der Waals surface area contributed by atoms with Crippen LogP contribution in [0, 0.1) is 11.6 Å². The van der Waals surface area contributed by atoms with Crippen LogP contribution < -0.4 is 5.32 Å². The minimum Gasteiger partial charge on any atom is -0.378 e. The van der Waals surface area contributed by atoms with E-state index in [2.05, 4.69) is 11.4 Å². The van der Waals surface area contributed by atoms with Gasteiger partial charge in [-0.05, 0) is 55.9 Å². The van der Waals surface area contributed by atoms with Crippen LogP contribution in [0.1, 0.15) is 42.5 Å². The quantitative estimate of drug-likeness (QED) is 0.836. The van der Waals surface area contributed by atoms with Crippen LogP contribution in [0.2, 0.25) is 0 Å². The van der Waals surface area contributed by atoms with Crippen LogP contribution in [-0.2, 0) is 12.8 Å². The maximum absolute atomic E-state index is 13.9. The van der Waals surface area contributed by atoms with Crippen LogP contribution in [0.25, 0.3) is 0 Å². The van der Waals surface area contributed by atoms with E-state index in [4.69, 9.17) is 0 Å². The summed E-state index contributed by atoms with van der Waals surface area (Å²) in [6.07, 6.45) is 4.57. The lowest BCUT2D eigenvalue weighted by molar-refractivity contribution is 0.494.